The van der Waals surface area contributed by atoms with Gasteiger partial charge in [-0.1, -0.05) is 6.92 Å². The molecule has 3 aromatic rings. The Morgan fingerprint density at radius 3 is 2.57 bits per heavy atom. The van der Waals surface area contributed by atoms with Crippen molar-refractivity contribution in [1.29, 1.82) is 0 Å². The molecule has 0 atom stereocenters. The average molecular weight is 431 g/mol. The Hall–Kier alpha value is -3.20. The number of ether oxygens (including phenoxy) is 3. The van der Waals surface area contributed by atoms with Gasteiger partial charge in [-0.3, -0.25) is 5.10 Å². The number of aromatic amines is 1. The summed E-state index contributed by atoms with van der Waals surface area (Å²) in [6.45, 7) is 5.01. The largest absolute Gasteiger partial charge is 0.490 e. The van der Waals surface area contributed by atoms with Crippen LogP contribution in [0.1, 0.15) is 25.2 Å². The standard InChI is InChI=1S/C21H23FN4O3S/c1-3-20-24-25-21(30)26(20)23-14-15-5-10-18(19(13-15)27-4-2)29-12-11-28-17-8-6-16(22)7-9-17/h5-10,13-14H,3-4,11-12H2,1-2H3,(H,25,30)/b23-14+. The van der Waals surface area contributed by atoms with Crippen molar-refractivity contribution in [2.75, 3.05) is 19.8 Å². The number of H-pyrrole nitrogens is 1. The van der Waals surface area contributed by atoms with Gasteiger partial charge in [-0.05, 0) is 67.2 Å². The van der Waals surface area contributed by atoms with Crippen LogP contribution in [0.25, 0.3) is 0 Å². The predicted molar refractivity (Wildman–Crippen MR) is 115 cm³/mol. The van der Waals surface area contributed by atoms with Gasteiger partial charge in [0.25, 0.3) is 0 Å². The summed E-state index contributed by atoms with van der Waals surface area (Å²) in [7, 11) is 0. The van der Waals surface area contributed by atoms with E-state index < -0.39 is 0 Å². The van der Waals surface area contributed by atoms with Crippen LogP contribution in [-0.4, -0.2) is 40.9 Å². The molecule has 3 rings (SSSR count). The summed E-state index contributed by atoms with van der Waals surface area (Å²) < 4.78 is 32.0. The van der Waals surface area contributed by atoms with Gasteiger partial charge >= 0.3 is 0 Å². The lowest BCUT2D eigenvalue weighted by molar-refractivity contribution is 0.208. The van der Waals surface area contributed by atoms with Crippen molar-refractivity contribution in [2.45, 2.75) is 20.3 Å². The first kappa shape index (κ1) is 21.5. The van der Waals surface area contributed by atoms with Crippen molar-refractivity contribution >= 4 is 18.4 Å². The average Bonchev–Trinajstić information content (AvgIpc) is 3.11. The second-order valence-electron chi connectivity index (χ2n) is 6.14. The van der Waals surface area contributed by atoms with Crippen LogP contribution in [0.15, 0.2) is 47.6 Å². The third kappa shape index (κ3) is 5.66. The van der Waals surface area contributed by atoms with Crippen LogP contribution < -0.4 is 14.2 Å². The highest BCUT2D eigenvalue weighted by Crippen LogP contribution is 2.28. The first-order valence-corrected chi connectivity index (χ1v) is 10.00. The SMILES string of the molecule is CCOc1cc(/C=N/n2c(CC)n[nH]c2=S)ccc1OCCOc1ccc(F)cc1. The van der Waals surface area contributed by atoms with Gasteiger partial charge in [0.15, 0.2) is 17.3 Å². The molecule has 0 aliphatic carbocycles. The highest BCUT2D eigenvalue weighted by Gasteiger charge is 2.07. The third-order valence-corrected chi connectivity index (χ3v) is 4.31. The molecular weight excluding hydrogens is 407 g/mol. The van der Waals surface area contributed by atoms with E-state index in [0.29, 0.717) is 48.3 Å². The lowest BCUT2D eigenvalue weighted by Gasteiger charge is -2.13. The molecular formula is C21H23FN4O3S. The van der Waals surface area contributed by atoms with Crippen LogP contribution >= 0.6 is 12.2 Å². The van der Waals surface area contributed by atoms with E-state index in [-0.39, 0.29) is 5.82 Å². The van der Waals surface area contributed by atoms with E-state index in [2.05, 4.69) is 15.3 Å². The monoisotopic (exact) mass is 430 g/mol. The molecule has 1 aromatic heterocycles. The van der Waals surface area contributed by atoms with Crippen LogP contribution in [0.2, 0.25) is 0 Å². The van der Waals surface area contributed by atoms with E-state index in [4.69, 9.17) is 26.4 Å². The molecule has 2 aromatic carbocycles. The fourth-order valence-electron chi connectivity index (χ4n) is 2.63. The Balaban J connectivity index is 1.64. The molecule has 0 saturated heterocycles. The van der Waals surface area contributed by atoms with Crippen LogP contribution in [0.5, 0.6) is 17.2 Å². The minimum Gasteiger partial charge on any atom is -0.490 e. The van der Waals surface area contributed by atoms with E-state index in [1.54, 1.807) is 23.0 Å². The van der Waals surface area contributed by atoms with Gasteiger partial charge in [-0.15, -0.1) is 0 Å². The zero-order chi connectivity index (χ0) is 21.3. The Morgan fingerprint density at radius 1 is 1.07 bits per heavy atom. The van der Waals surface area contributed by atoms with Crippen molar-refractivity contribution < 1.29 is 18.6 Å². The number of rotatable bonds is 10. The van der Waals surface area contributed by atoms with Crippen molar-refractivity contribution in [3.8, 4) is 17.2 Å². The summed E-state index contributed by atoms with van der Waals surface area (Å²) in [5.74, 6) is 2.24. The van der Waals surface area contributed by atoms with Gasteiger partial charge in [-0.25, -0.2) is 4.39 Å². The summed E-state index contributed by atoms with van der Waals surface area (Å²) >= 11 is 5.20. The van der Waals surface area contributed by atoms with Gasteiger partial charge in [0, 0.05) is 6.42 Å². The number of benzene rings is 2. The van der Waals surface area contributed by atoms with Crippen LogP contribution in [0, 0.1) is 10.6 Å². The fourth-order valence-corrected chi connectivity index (χ4v) is 2.83. The molecule has 0 spiro atoms. The second-order valence-corrected chi connectivity index (χ2v) is 6.53. The third-order valence-electron chi connectivity index (χ3n) is 4.05. The Bertz CT molecular complexity index is 1050. The molecule has 0 aliphatic heterocycles. The molecule has 0 saturated carbocycles. The quantitative estimate of drug-likeness (QED) is 0.294. The molecule has 7 nitrogen and oxygen atoms in total. The number of nitrogens with zero attached hydrogens (tertiary/aromatic N) is 3. The molecule has 0 bridgehead atoms. The maximum absolute atomic E-state index is 12.9. The van der Waals surface area contributed by atoms with E-state index in [1.165, 1.54) is 12.1 Å². The zero-order valence-corrected chi connectivity index (χ0v) is 17.6. The van der Waals surface area contributed by atoms with Crippen molar-refractivity contribution in [1.82, 2.24) is 14.9 Å². The van der Waals surface area contributed by atoms with Gasteiger partial charge in [0.2, 0.25) is 4.77 Å². The minimum absolute atomic E-state index is 0.301. The topological polar surface area (TPSA) is 73.7 Å². The van der Waals surface area contributed by atoms with Crippen molar-refractivity contribution in [2.24, 2.45) is 5.10 Å². The predicted octanol–water partition coefficient (Wildman–Crippen LogP) is 4.38. The second kappa shape index (κ2) is 10.5. The van der Waals surface area contributed by atoms with E-state index in [9.17, 15) is 4.39 Å². The number of aromatic nitrogens is 3. The summed E-state index contributed by atoms with van der Waals surface area (Å²) in [6, 6.07) is 11.4. The highest BCUT2D eigenvalue weighted by atomic mass is 32.1. The molecule has 0 fully saturated rings. The molecule has 158 valence electrons. The number of hydrogen-bond donors (Lipinski definition) is 1. The van der Waals surface area contributed by atoms with Crippen LogP contribution in [-0.2, 0) is 6.42 Å². The number of nitrogens with one attached hydrogen (secondary N) is 1. The van der Waals surface area contributed by atoms with Gasteiger partial charge < -0.3 is 14.2 Å². The zero-order valence-electron chi connectivity index (χ0n) is 16.8. The van der Waals surface area contributed by atoms with Crippen LogP contribution in [0.3, 0.4) is 0 Å². The maximum atomic E-state index is 12.9. The number of aryl methyl sites for hydroxylation is 1. The Morgan fingerprint density at radius 2 is 1.83 bits per heavy atom. The molecule has 0 unspecified atom stereocenters. The summed E-state index contributed by atoms with van der Waals surface area (Å²) in [4.78, 5) is 0. The smallest absolute Gasteiger partial charge is 0.216 e. The molecule has 1 N–H and O–H groups in total. The molecule has 9 heteroatoms. The van der Waals surface area contributed by atoms with Gasteiger partial charge in [-0.2, -0.15) is 14.9 Å². The molecule has 0 amide bonds. The highest BCUT2D eigenvalue weighted by molar-refractivity contribution is 7.71. The first-order chi connectivity index (χ1) is 14.6. The lowest BCUT2D eigenvalue weighted by Crippen LogP contribution is -2.10. The van der Waals surface area contributed by atoms with E-state index in [0.717, 1.165) is 11.4 Å². The summed E-state index contributed by atoms with van der Waals surface area (Å²) in [5.41, 5.74) is 0.832. The Labute approximate surface area is 179 Å². The van der Waals surface area contributed by atoms with E-state index >= 15 is 0 Å². The summed E-state index contributed by atoms with van der Waals surface area (Å²) in [6.07, 6.45) is 2.40. The van der Waals surface area contributed by atoms with Crippen LogP contribution in [0.4, 0.5) is 4.39 Å². The number of hydrogen-bond acceptors (Lipinski definition) is 6. The molecule has 1 heterocycles. The summed E-state index contributed by atoms with van der Waals surface area (Å²) in [5, 5.41) is 11.3. The normalized spacial score (nSPS) is 11.0. The molecule has 0 radical (unpaired) electrons. The van der Waals surface area contributed by atoms with Crippen molar-refractivity contribution in [3.05, 3.63) is 64.4 Å². The maximum Gasteiger partial charge on any atom is 0.216 e. The Kier molecular flexibility index (Phi) is 7.56. The number of halogens is 1. The van der Waals surface area contributed by atoms with Gasteiger partial charge in [0.05, 0.1) is 12.8 Å². The minimum atomic E-state index is -0.301. The lowest BCUT2D eigenvalue weighted by atomic mass is 10.2. The van der Waals surface area contributed by atoms with E-state index in [1.807, 2.05) is 32.0 Å². The first-order valence-electron chi connectivity index (χ1n) is 9.59. The van der Waals surface area contributed by atoms with Gasteiger partial charge in [0.1, 0.15) is 24.8 Å². The van der Waals surface area contributed by atoms with Crippen molar-refractivity contribution in [3.63, 3.8) is 0 Å². The molecule has 0 aliphatic rings. The molecule has 30 heavy (non-hydrogen) atoms. The fraction of sp³-hybridized carbons (Fsp3) is 0.286.